The Balaban J connectivity index is 2.32. The molecule has 1 aliphatic carbocycles. The van der Waals surface area contributed by atoms with Crippen LogP contribution >= 0.6 is 0 Å². The number of hydrogen-bond donors (Lipinski definition) is 1. The van der Waals surface area contributed by atoms with Gasteiger partial charge >= 0.3 is 5.97 Å². The van der Waals surface area contributed by atoms with Gasteiger partial charge in [0.15, 0.2) is 0 Å². The molecule has 0 radical (unpaired) electrons. The molecule has 0 aliphatic heterocycles. The minimum absolute atomic E-state index is 0.0111. The summed E-state index contributed by atoms with van der Waals surface area (Å²) in [4.78, 5) is 24.0. The van der Waals surface area contributed by atoms with Crippen LogP contribution in [0, 0.1) is 17.8 Å². The molecule has 1 amide bonds. The number of carbonyl (C=O) groups excluding carboxylic acids is 1. The van der Waals surface area contributed by atoms with Crippen LogP contribution in [0.15, 0.2) is 0 Å². The van der Waals surface area contributed by atoms with Crippen molar-refractivity contribution in [1.82, 2.24) is 4.90 Å². The highest BCUT2D eigenvalue weighted by atomic mass is 16.4. The molecule has 1 N–H and O–H groups in total. The number of nitrogens with zero attached hydrogens (tertiary/aromatic N) is 1. The minimum Gasteiger partial charge on any atom is -0.481 e. The van der Waals surface area contributed by atoms with Crippen LogP contribution in [0.4, 0.5) is 0 Å². The number of rotatable bonds is 5. The van der Waals surface area contributed by atoms with E-state index in [4.69, 9.17) is 5.11 Å². The Bertz CT molecular complexity index is 263. The Labute approximate surface area is 90.3 Å². The van der Waals surface area contributed by atoms with Gasteiger partial charge in [0, 0.05) is 13.6 Å². The van der Waals surface area contributed by atoms with Crippen LogP contribution in [0.1, 0.15) is 26.7 Å². The first-order chi connectivity index (χ1) is 6.93. The lowest BCUT2D eigenvalue weighted by molar-refractivity contribution is -0.141. The van der Waals surface area contributed by atoms with Gasteiger partial charge in [0.2, 0.25) is 5.91 Å². The van der Waals surface area contributed by atoms with Crippen molar-refractivity contribution in [2.24, 2.45) is 17.8 Å². The van der Waals surface area contributed by atoms with E-state index in [0.717, 1.165) is 13.0 Å². The normalized spacial score (nSPS) is 24.0. The molecule has 0 spiro atoms. The van der Waals surface area contributed by atoms with Crippen molar-refractivity contribution in [3.63, 3.8) is 0 Å². The van der Waals surface area contributed by atoms with E-state index in [9.17, 15) is 9.59 Å². The van der Waals surface area contributed by atoms with Crippen molar-refractivity contribution in [1.29, 1.82) is 0 Å². The lowest BCUT2D eigenvalue weighted by atomic mass is 10.1. The fourth-order valence-corrected chi connectivity index (χ4v) is 1.59. The van der Waals surface area contributed by atoms with Gasteiger partial charge in [-0.05, 0) is 18.8 Å². The highest BCUT2D eigenvalue weighted by Gasteiger charge is 2.49. The zero-order valence-corrected chi connectivity index (χ0v) is 9.56. The van der Waals surface area contributed by atoms with Gasteiger partial charge in [-0.1, -0.05) is 13.8 Å². The van der Waals surface area contributed by atoms with Crippen LogP contribution in [-0.4, -0.2) is 35.5 Å². The molecule has 2 unspecified atom stereocenters. The number of amides is 1. The third kappa shape index (κ3) is 3.22. The maximum Gasteiger partial charge on any atom is 0.307 e. The topological polar surface area (TPSA) is 57.6 Å². The third-order valence-corrected chi connectivity index (χ3v) is 2.84. The summed E-state index contributed by atoms with van der Waals surface area (Å²) in [5, 5.41) is 8.70. The summed E-state index contributed by atoms with van der Waals surface area (Å²) in [6.45, 7) is 4.93. The van der Waals surface area contributed by atoms with Crippen molar-refractivity contribution in [2.45, 2.75) is 26.7 Å². The zero-order valence-electron chi connectivity index (χ0n) is 9.56. The number of carboxylic acids is 1. The van der Waals surface area contributed by atoms with Crippen LogP contribution in [0.25, 0.3) is 0 Å². The van der Waals surface area contributed by atoms with Crippen LogP contribution in [0.3, 0.4) is 0 Å². The summed E-state index contributed by atoms with van der Waals surface area (Å²) < 4.78 is 0. The lowest BCUT2D eigenvalue weighted by Crippen LogP contribution is -2.30. The molecule has 0 heterocycles. The summed E-state index contributed by atoms with van der Waals surface area (Å²) in [7, 11) is 1.75. The highest BCUT2D eigenvalue weighted by molar-refractivity contribution is 5.89. The SMILES string of the molecule is CC(C)CCN(C)C(=O)C1CC1C(=O)O. The van der Waals surface area contributed by atoms with Crippen LogP contribution in [0.5, 0.6) is 0 Å². The molecule has 0 bridgehead atoms. The van der Waals surface area contributed by atoms with E-state index in [1.165, 1.54) is 0 Å². The summed E-state index contributed by atoms with van der Waals surface area (Å²) >= 11 is 0. The first-order valence-electron chi connectivity index (χ1n) is 5.41. The van der Waals surface area contributed by atoms with Crippen molar-refractivity contribution in [3.05, 3.63) is 0 Å². The fourth-order valence-electron chi connectivity index (χ4n) is 1.59. The average Bonchev–Trinajstić information content (AvgIpc) is 2.92. The second-order valence-corrected chi connectivity index (χ2v) is 4.73. The van der Waals surface area contributed by atoms with Gasteiger partial charge in [-0.2, -0.15) is 0 Å². The number of carbonyl (C=O) groups is 2. The van der Waals surface area contributed by atoms with Gasteiger partial charge < -0.3 is 10.0 Å². The smallest absolute Gasteiger partial charge is 0.307 e. The molecular weight excluding hydrogens is 194 g/mol. The molecule has 1 aliphatic rings. The Morgan fingerprint density at radius 3 is 2.40 bits per heavy atom. The number of carboxylic acid groups (broad SMARTS) is 1. The molecule has 4 heteroatoms. The molecule has 86 valence electrons. The third-order valence-electron chi connectivity index (χ3n) is 2.84. The Morgan fingerprint density at radius 2 is 2.00 bits per heavy atom. The molecule has 1 fully saturated rings. The van der Waals surface area contributed by atoms with E-state index in [0.29, 0.717) is 12.3 Å². The number of hydrogen-bond acceptors (Lipinski definition) is 2. The molecule has 4 nitrogen and oxygen atoms in total. The highest BCUT2D eigenvalue weighted by Crippen LogP contribution is 2.39. The van der Waals surface area contributed by atoms with Gasteiger partial charge in [-0.25, -0.2) is 0 Å². The molecule has 1 rings (SSSR count). The maximum absolute atomic E-state index is 11.7. The van der Waals surface area contributed by atoms with E-state index in [2.05, 4.69) is 13.8 Å². The zero-order chi connectivity index (χ0) is 11.6. The van der Waals surface area contributed by atoms with Gasteiger partial charge in [0.05, 0.1) is 11.8 Å². The summed E-state index contributed by atoms with van der Waals surface area (Å²) in [6.07, 6.45) is 1.48. The monoisotopic (exact) mass is 213 g/mol. The van der Waals surface area contributed by atoms with Crippen molar-refractivity contribution in [2.75, 3.05) is 13.6 Å². The van der Waals surface area contributed by atoms with Crippen LogP contribution in [0.2, 0.25) is 0 Å². The van der Waals surface area contributed by atoms with Gasteiger partial charge in [0.1, 0.15) is 0 Å². The molecule has 0 aromatic heterocycles. The van der Waals surface area contributed by atoms with Gasteiger partial charge in [0.25, 0.3) is 0 Å². The second-order valence-electron chi connectivity index (χ2n) is 4.73. The van der Waals surface area contributed by atoms with E-state index in [-0.39, 0.29) is 11.8 Å². The van der Waals surface area contributed by atoms with Crippen LogP contribution in [-0.2, 0) is 9.59 Å². The van der Waals surface area contributed by atoms with Gasteiger partial charge in [-0.15, -0.1) is 0 Å². The molecule has 1 saturated carbocycles. The maximum atomic E-state index is 11.7. The van der Waals surface area contributed by atoms with E-state index >= 15 is 0 Å². The summed E-state index contributed by atoms with van der Waals surface area (Å²) in [5.41, 5.74) is 0. The standard InChI is InChI=1S/C11H19NO3/c1-7(2)4-5-12(3)10(13)8-6-9(8)11(14)15/h7-9H,4-6H2,1-3H3,(H,14,15). The first-order valence-corrected chi connectivity index (χ1v) is 5.41. The van der Waals surface area contributed by atoms with Crippen molar-refractivity contribution in [3.8, 4) is 0 Å². The Hall–Kier alpha value is -1.06. The van der Waals surface area contributed by atoms with Crippen molar-refractivity contribution < 1.29 is 14.7 Å². The van der Waals surface area contributed by atoms with E-state index in [1.807, 2.05) is 0 Å². The molecule has 0 aromatic carbocycles. The van der Waals surface area contributed by atoms with Gasteiger partial charge in [-0.3, -0.25) is 9.59 Å². The fraction of sp³-hybridized carbons (Fsp3) is 0.818. The summed E-state index contributed by atoms with van der Waals surface area (Å²) in [5.74, 6) is -0.984. The predicted molar refractivity (Wildman–Crippen MR) is 56.3 cm³/mol. The first kappa shape index (κ1) is 12.0. The Kier molecular flexibility index (Phi) is 3.72. The lowest BCUT2D eigenvalue weighted by Gasteiger charge is -2.18. The quantitative estimate of drug-likeness (QED) is 0.746. The predicted octanol–water partition coefficient (Wildman–Crippen LogP) is 1.21. The average molecular weight is 213 g/mol. The van der Waals surface area contributed by atoms with Crippen LogP contribution < -0.4 is 0 Å². The largest absolute Gasteiger partial charge is 0.481 e. The molecule has 0 aromatic rings. The molecule has 15 heavy (non-hydrogen) atoms. The Morgan fingerprint density at radius 1 is 1.40 bits per heavy atom. The molecule has 2 atom stereocenters. The second kappa shape index (κ2) is 4.64. The minimum atomic E-state index is -0.842. The van der Waals surface area contributed by atoms with E-state index in [1.54, 1.807) is 11.9 Å². The number of aliphatic carboxylic acids is 1. The van der Waals surface area contributed by atoms with Crippen molar-refractivity contribution >= 4 is 11.9 Å². The molecular formula is C11H19NO3. The molecule has 0 saturated heterocycles. The van der Waals surface area contributed by atoms with E-state index < -0.39 is 11.9 Å². The summed E-state index contributed by atoms with van der Waals surface area (Å²) in [6, 6.07) is 0.